The van der Waals surface area contributed by atoms with Crippen molar-refractivity contribution in [3.05, 3.63) is 35.3 Å². The molecule has 1 heterocycles. The standard InChI is InChI=1S/C19H23N3O4S/c1-4-22(5-2)17(23)12-21(3)18(24)13-26-19(25)11-10-16-20-14-8-6-7-9-15(14)27-16/h6-11H,4-5,12-13H2,1-3H3/b11-10+. The highest BCUT2D eigenvalue weighted by molar-refractivity contribution is 7.19. The molecular weight excluding hydrogens is 366 g/mol. The molecule has 0 N–H and O–H groups in total. The van der Waals surface area contributed by atoms with E-state index in [-0.39, 0.29) is 12.5 Å². The number of hydrogen-bond acceptors (Lipinski definition) is 6. The van der Waals surface area contributed by atoms with Gasteiger partial charge >= 0.3 is 5.97 Å². The van der Waals surface area contributed by atoms with Gasteiger partial charge in [-0.15, -0.1) is 11.3 Å². The summed E-state index contributed by atoms with van der Waals surface area (Å²) < 4.78 is 5.98. The molecule has 0 aliphatic rings. The number of aromatic nitrogens is 1. The first kappa shape index (κ1) is 20.6. The molecule has 0 fully saturated rings. The van der Waals surface area contributed by atoms with E-state index < -0.39 is 18.5 Å². The Hall–Kier alpha value is -2.74. The second-order valence-electron chi connectivity index (χ2n) is 5.78. The lowest BCUT2D eigenvalue weighted by atomic mass is 10.3. The number of ether oxygens (including phenoxy) is 1. The van der Waals surface area contributed by atoms with E-state index in [0.717, 1.165) is 10.2 Å². The molecule has 0 aliphatic carbocycles. The Kier molecular flexibility index (Phi) is 7.48. The fourth-order valence-electron chi connectivity index (χ4n) is 2.36. The molecule has 0 atom stereocenters. The minimum atomic E-state index is -0.633. The van der Waals surface area contributed by atoms with Crippen molar-refractivity contribution in [3.8, 4) is 0 Å². The van der Waals surface area contributed by atoms with Crippen LogP contribution < -0.4 is 0 Å². The number of para-hydroxylation sites is 1. The van der Waals surface area contributed by atoms with Crippen LogP contribution in [0, 0.1) is 0 Å². The monoisotopic (exact) mass is 389 g/mol. The normalized spacial score (nSPS) is 10.9. The molecule has 0 unspecified atom stereocenters. The molecule has 1 aromatic carbocycles. The third-order valence-corrected chi connectivity index (χ3v) is 4.93. The van der Waals surface area contributed by atoms with Crippen molar-refractivity contribution in [2.24, 2.45) is 0 Å². The van der Waals surface area contributed by atoms with Crippen molar-refractivity contribution in [3.63, 3.8) is 0 Å². The number of nitrogens with zero attached hydrogens (tertiary/aromatic N) is 3. The van der Waals surface area contributed by atoms with Crippen molar-refractivity contribution in [2.45, 2.75) is 13.8 Å². The zero-order chi connectivity index (χ0) is 19.8. The third-order valence-electron chi connectivity index (χ3n) is 3.92. The van der Waals surface area contributed by atoms with Gasteiger partial charge in [-0.3, -0.25) is 9.59 Å². The highest BCUT2D eigenvalue weighted by atomic mass is 32.1. The molecule has 27 heavy (non-hydrogen) atoms. The van der Waals surface area contributed by atoms with E-state index in [9.17, 15) is 14.4 Å². The average Bonchev–Trinajstić information content (AvgIpc) is 3.08. The zero-order valence-electron chi connectivity index (χ0n) is 15.7. The van der Waals surface area contributed by atoms with Crippen LogP contribution in [0.25, 0.3) is 16.3 Å². The summed E-state index contributed by atoms with van der Waals surface area (Å²) in [5, 5.41) is 0.682. The maximum Gasteiger partial charge on any atom is 0.331 e. The van der Waals surface area contributed by atoms with Gasteiger partial charge in [0.15, 0.2) is 6.61 Å². The number of likely N-dealkylation sites (N-methyl/N-ethyl adjacent to an activating group) is 2. The summed E-state index contributed by atoms with van der Waals surface area (Å²) in [7, 11) is 1.51. The summed E-state index contributed by atoms with van der Waals surface area (Å²) in [6, 6.07) is 7.68. The second-order valence-corrected chi connectivity index (χ2v) is 6.84. The van der Waals surface area contributed by atoms with E-state index in [1.165, 1.54) is 29.4 Å². The molecule has 2 amide bonds. The molecule has 1 aromatic heterocycles. The maximum absolute atomic E-state index is 12.0. The van der Waals surface area contributed by atoms with Crippen molar-refractivity contribution in [2.75, 3.05) is 33.3 Å². The van der Waals surface area contributed by atoms with Gasteiger partial charge in [-0.05, 0) is 32.1 Å². The van der Waals surface area contributed by atoms with Gasteiger partial charge in [0.05, 0.1) is 16.8 Å². The van der Waals surface area contributed by atoms with E-state index in [2.05, 4.69) is 4.98 Å². The van der Waals surface area contributed by atoms with Crippen LogP contribution in [-0.4, -0.2) is 65.9 Å². The van der Waals surface area contributed by atoms with Crippen molar-refractivity contribution < 1.29 is 19.1 Å². The number of fused-ring (bicyclic) bond motifs is 1. The topological polar surface area (TPSA) is 79.8 Å². The minimum absolute atomic E-state index is 0.0421. The SMILES string of the molecule is CCN(CC)C(=O)CN(C)C(=O)COC(=O)/C=C/c1nc2ccccc2s1. The Morgan fingerprint density at radius 1 is 1.15 bits per heavy atom. The van der Waals surface area contributed by atoms with Crippen LogP contribution in [0.1, 0.15) is 18.9 Å². The number of carbonyl (C=O) groups is 3. The highest BCUT2D eigenvalue weighted by Gasteiger charge is 2.17. The number of benzene rings is 1. The predicted molar refractivity (Wildman–Crippen MR) is 105 cm³/mol. The van der Waals surface area contributed by atoms with Gasteiger partial charge in [-0.25, -0.2) is 9.78 Å². The van der Waals surface area contributed by atoms with Gasteiger partial charge in [-0.2, -0.15) is 0 Å². The number of esters is 1. The molecule has 8 heteroatoms. The number of amides is 2. The zero-order valence-corrected chi connectivity index (χ0v) is 16.5. The summed E-state index contributed by atoms with van der Waals surface area (Å²) in [6.07, 6.45) is 2.80. The highest BCUT2D eigenvalue weighted by Crippen LogP contribution is 2.22. The Morgan fingerprint density at radius 2 is 1.85 bits per heavy atom. The molecule has 2 rings (SSSR count). The average molecular weight is 389 g/mol. The minimum Gasteiger partial charge on any atom is -0.452 e. The lowest BCUT2D eigenvalue weighted by Gasteiger charge is -2.23. The van der Waals surface area contributed by atoms with Crippen LogP contribution in [0.4, 0.5) is 0 Å². The van der Waals surface area contributed by atoms with Gasteiger partial charge in [0, 0.05) is 26.2 Å². The molecule has 0 aliphatic heterocycles. The number of carbonyl (C=O) groups excluding carboxylic acids is 3. The summed E-state index contributed by atoms with van der Waals surface area (Å²) >= 11 is 1.46. The molecule has 144 valence electrons. The molecule has 0 saturated carbocycles. The Labute approximate surface area is 162 Å². The molecule has 0 spiro atoms. The predicted octanol–water partition coefficient (Wildman–Crippen LogP) is 2.18. The van der Waals surface area contributed by atoms with Crippen LogP contribution in [0.5, 0.6) is 0 Å². The molecule has 0 radical (unpaired) electrons. The molecule has 2 aromatic rings. The quantitative estimate of drug-likeness (QED) is 0.511. The van der Waals surface area contributed by atoms with Gasteiger partial charge < -0.3 is 14.5 Å². The number of thiazole rings is 1. The van der Waals surface area contributed by atoms with E-state index >= 15 is 0 Å². The van der Waals surface area contributed by atoms with Crippen molar-refractivity contribution in [1.82, 2.24) is 14.8 Å². The maximum atomic E-state index is 12.0. The Morgan fingerprint density at radius 3 is 2.52 bits per heavy atom. The molecule has 0 saturated heterocycles. The number of hydrogen-bond donors (Lipinski definition) is 0. The summed E-state index contributed by atoms with van der Waals surface area (Å²) in [6.45, 7) is 4.47. The van der Waals surface area contributed by atoms with Gasteiger partial charge in [0.2, 0.25) is 5.91 Å². The smallest absolute Gasteiger partial charge is 0.331 e. The molecule has 0 bridgehead atoms. The van der Waals surface area contributed by atoms with Crippen molar-refractivity contribution >= 4 is 45.4 Å². The van der Waals surface area contributed by atoms with Crippen LogP contribution in [0.15, 0.2) is 30.3 Å². The Bertz CT molecular complexity index is 809. The van der Waals surface area contributed by atoms with Gasteiger partial charge in [-0.1, -0.05) is 12.1 Å². The Balaban J connectivity index is 1.81. The molecular formula is C19H23N3O4S. The summed E-state index contributed by atoms with van der Waals surface area (Å²) in [4.78, 5) is 43.1. The first-order valence-corrected chi connectivity index (χ1v) is 9.48. The van der Waals surface area contributed by atoms with E-state index in [1.807, 2.05) is 38.1 Å². The second kappa shape index (κ2) is 9.82. The summed E-state index contributed by atoms with van der Waals surface area (Å²) in [5.74, 6) is -1.21. The van der Waals surface area contributed by atoms with Crippen LogP contribution in [-0.2, 0) is 19.1 Å². The van der Waals surface area contributed by atoms with Crippen LogP contribution >= 0.6 is 11.3 Å². The molecule has 7 nitrogen and oxygen atoms in total. The first-order valence-electron chi connectivity index (χ1n) is 8.66. The summed E-state index contributed by atoms with van der Waals surface area (Å²) in [5.41, 5.74) is 0.866. The van der Waals surface area contributed by atoms with Crippen molar-refractivity contribution in [1.29, 1.82) is 0 Å². The lowest BCUT2D eigenvalue weighted by molar-refractivity contribution is -0.149. The fraction of sp³-hybridized carbons (Fsp3) is 0.368. The van der Waals surface area contributed by atoms with Crippen LogP contribution in [0.3, 0.4) is 0 Å². The van der Waals surface area contributed by atoms with E-state index in [0.29, 0.717) is 18.1 Å². The fourth-order valence-corrected chi connectivity index (χ4v) is 3.23. The van der Waals surface area contributed by atoms with Gasteiger partial charge in [0.1, 0.15) is 5.01 Å². The lowest BCUT2D eigenvalue weighted by Crippen LogP contribution is -2.42. The largest absolute Gasteiger partial charge is 0.452 e. The van der Waals surface area contributed by atoms with E-state index in [1.54, 1.807) is 11.0 Å². The van der Waals surface area contributed by atoms with Gasteiger partial charge in [0.25, 0.3) is 5.91 Å². The third kappa shape index (κ3) is 5.89. The number of rotatable bonds is 8. The first-order chi connectivity index (χ1) is 12.9. The van der Waals surface area contributed by atoms with Crippen LogP contribution in [0.2, 0.25) is 0 Å². The van der Waals surface area contributed by atoms with E-state index in [4.69, 9.17) is 4.74 Å².